The Morgan fingerprint density at radius 1 is 1.07 bits per heavy atom. The Balaban J connectivity index is 1.65. The fourth-order valence-corrected chi connectivity index (χ4v) is 6.93. The fraction of sp³-hybridized carbons (Fsp3) is 0.562. The molecule has 43 heavy (non-hydrogen) atoms. The second-order valence-electron chi connectivity index (χ2n) is 13.7. The van der Waals surface area contributed by atoms with E-state index in [1.54, 1.807) is 6.07 Å². The first kappa shape index (κ1) is 33.3. The van der Waals surface area contributed by atoms with Crippen LogP contribution in [0, 0.1) is 24.5 Å². The van der Waals surface area contributed by atoms with Crippen LogP contribution in [0.5, 0.6) is 0 Å². The third-order valence-electron chi connectivity index (χ3n) is 9.34. The van der Waals surface area contributed by atoms with Gasteiger partial charge in [-0.2, -0.15) is 0 Å². The van der Waals surface area contributed by atoms with E-state index in [2.05, 4.69) is 39.2 Å². The van der Waals surface area contributed by atoms with Gasteiger partial charge in [-0.05, 0) is 99.0 Å². The number of carbonyl (C=O) groups excluding carboxylic acids is 2. The Hall–Kier alpha value is -2.63. The number of halogens is 2. The first-order chi connectivity index (χ1) is 19.8. The van der Waals surface area contributed by atoms with Crippen LogP contribution in [0.1, 0.15) is 86.5 Å². The van der Waals surface area contributed by atoms with Crippen LogP contribution in [0.4, 0.5) is 8.78 Å². The van der Waals surface area contributed by atoms with Crippen molar-refractivity contribution in [2.75, 3.05) is 6.26 Å². The van der Waals surface area contributed by atoms with Gasteiger partial charge in [0.15, 0.2) is 18.2 Å². The third kappa shape index (κ3) is 7.20. The molecule has 0 radical (unpaired) electrons. The molecule has 1 N–H and O–H groups in total. The Morgan fingerprint density at radius 2 is 1.72 bits per heavy atom. The summed E-state index contributed by atoms with van der Waals surface area (Å²) in [5.41, 5.74) is 1.02. The highest BCUT2D eigenvalue weighted by Crippen LogP contribution is 2.43. The second kappa shape index (κ2) is 12.0. The molecule has 0 spiro atoms. The van der Waals surface area contributed by atoms with Gasteiger partial charge in [-0.3, -0.25) is 9.59 Å². The standard InChI is InChI=1S/C32H44F2N2O5SSi/c1-19-15-27(34)25(17-26(19)33)29(21-10-11-21)35-30(37)28-14-9-20(2)36(28)31(38)24-16-23(42(6,39)40)13-12-22(24)18-41-43(7,8)32(3,4)5/h12-13,15-17,20-21,28-29H,9-11,14,18H2,1-8H3,(H,35,37)/t20-,28-,29-/m1/s1. The Bertz CT molecular complexity index is 1520. The average Bonchev–Trinajstić information content (AvgIpc) is 3.67. The summed E-state index contributed by atoms with van der Waals surface area (Å²) in [4.78, 5) is 29.5. The summed E-state index contributed by atoms with van der Waals surface area (Å²) in [5.74, 6) is -2.03. The van der Waals surface area contributed by atoms with Crippen molar-refractivity contribution in [2.24, 2.45) is 5.92 Å². The summed E-state index contributed by atoms with van der Waals surface area (Å²) in [6.07, 6.45) is 3.59. The number of nitrogens with one attached hydrogen (secondary N) is 1. The molecule has 2 aliphatic rings. The van der Waals surface area contributed by atoms with Gasteiger partial charge >= 0.3 is 0 Å². The number of hydrogen-bond acceptors (Lipinski definition) is 5. The van der Waals surface area contributed by atoms with E-state index in [9.17, 15) is 26.8 Å². The summed E-state index contributed by atoms with van der Waals surface area (Å²) in [7, 11) is -5.82. The zero-order valence-electron chi connectivity index (χ0n) is 26.4. The number of aryl methyl sites for hydroxylation is 1. The van der Waals surface area contributed by atoms with Gasteiger partial charge in [0.1, 0.15) is 17.7 Å². The molecule has 0 aromatic heterocycles. The van der Waals surface area contributed by atoms with Gasteiger partial charge in [0.05, 0.1) is 17.5 Å². The van der Waals surface area contributed by atoms with Gasteiger partial charge in [0, 0.05) is 23.4 Å². The van der Waals surface area contributed by atoms with Crippen LogP contribution >= 0.6 is 0 Å². The van der Waals surface area contributed by atoms with Crippen molar-refractivity contribution in [3.8, 4) is 0 Å². The quantitative estimate of drug-likeness (QED) is 0.320. The Morgan fingerprint density at radius 3 is 2.30 bits per heavy atom. The van der Waals surface area contributed by atoms with Gasteiger partial charge in [-0.15, -0.1) is 0 Å². The fourth-order valence-electron chi connectivity index (χ4n) is 5.34. The summed E-state index contributed by atoms with van der Waals surface area (Å²) in [6.45, 7) is 14.0. The molecule has 2 amide bonds. The molecule has 3 atom stereocenters. The highest BCUT2D eigenvalue weighted by molar-refractivity contribution is 7.90. The molecule has 0 unspecified atom stereocenters. The largest absolute Gasteiger partial charge is 0.413 e. The SMILES string of the molecule is Cc1cc(F)c([C@H](NC(=O)[C@H]2CC[C@@H](C)N2C(=O)c2cc(S(C)(=O)=O)ccc2CO[Si](C)(C)C(C)(C)C)C2CC2)cc1F. The predicted molar refractivity (Wildman–Crippen MR) is 165 cm³/mol. The molecule has 7 nitrogen and oxygen atoms in total. The molecule has 1 saturated carbocycles. The lowest BCUT2D eigenvalue weighted by molar-refractivity contribution is -0.126. The van der Waals surface area contributed by atoms with E-state index in [0.717, 1.165) is 31.2 Å². The molecular weight excluding hydrogens is 591 g/mol. The smallest absolute Gasteiger partial charge is 0.255 e. The molecule has 2 aromatic rings. The highest BCUT2D eigenvalue weighted by Gasteiger charge is 2.43. The van der Waals surface area contributed by atoms with E-state index in [-0.39, 0.29) is 45.2 Å². The number of hydrogen-bond donors (Lipinski definition) is 1. The van der Waals surface area contributed by atoms with Gasteiger partial charge < -0.3 is 14.6 Å². The number of nitrogens with zero attached hydrogens (tertiary/aromatic N) is 1. The van der Waals surface area contributed by atoms with Crippen molar-refractivity contribution in [3.05, 3.63) is 64.2 Å². The molecule has 0 bridgehead atoms. The normalized spacial score (nSPS) is 20.3. The van der Waals surface area contributed by atoms with Crippen molar-refractivity contribution in [3.63, 3.8) is 0 Å². The third-order valence-corrected chi connectivity index (χ3v) is 14.9. The minimum Gasteiger partial charge on any atom is -0.413 e. The van der Waals surface area contributed by atoms with Crippen LogP contribution in [0.15, 0.2) is 35.2 Å². The average molecular weight is 635 g/mol. The summed E-state index contributed by atoms with van der Waals surface area (Å²) in [5, 5.41) is 2.86. The molecule has 236 valence electrons. The molecule has 11 heteroatoms. The molecule has 1 aliphatic carbocycles. The molecule has 1 saturated heterocycles. The van der Waals surface area contributed by atoms with E-state index in [1.807, 2.05) is 6.92 Å². The molecule has 2 aromatic carbocycles. The highest BCUT2D eigenvalue weighted by atomic mass is 32.2. The van der Waals surface area contributed by atoms with Crippen molar-refractivity contribution >= 4 is 30.0 Å². The van der Waals surface area contributed by atoms with Crippen LogP contribution in [-0.2, 0) is 25.7 Å². The van der Waals surface area contributed by atoms with E-state index in [1.165, 1.54) is 24.0 Å². The number of sulfone groups is 1. The molecule has 1 heterocycles. The van der Waals surface area contributed by atoms with E-state index < -0.39 is 53.7 Å². The Kier molecular flexibility index (Phi) is 9.32. The van der Waals surface area contributed by atoms with Crippen molar-refractivity contribution in [1.29, 1.82) is 0 Å². The van der Waals surface area contributed by atoms with Crippen LogP contribution in [-0.4, -0.2) is 51.8 Å². The maximum atomic E-state index is 15.0. The molecule has 4 rings (SSSR count). The van der Waals surface area contributed by atoms with Crippen molar-refractivity contribution in [1.82, 2.24) is 10.2 Å². The summed E-state index contributed by atoms with van der Waals surface area (Å²) in [6, 6.07) is 4.90. The van der Waals surface area contributed by atoms with Crippen LogP contribution in [0.2, 0.25) is 18.1 Å². The molecular formula is C32H44F2N2O5SSi. The second-order valence-corrected chi connectivity index (χ2v) is 20.6. The van der Waals surface area contributed by atoms with Crippen LogP contribution in [0.3, 0.4) is 0 Å². The van der Waals surface area contributed by atoms with E-state index >= 15 is 0 Å². The summed E-state index contributed by atoms with van der Waals surface area (Å²) >= 11 is 0. The lowest BCUT2D eigenvalue weighted by Gasteiger charge is -2.36. The maximum Gasteiger partial charge on any atom is 0.255 e. The molecule has 2 fully saturated rings. The number of benzene rings is 2. The lowest BCUT2D eigenvalue weighted by Crippen LogP contribution is -2.49. The van der Waals surface area contributed by atoms with Crippen molar-refractivity contribution < 1.29 is 31.2 Å². The summed E-state index contributed by atoms with van der Waals surface area (Å²) < 4.78 is 60.7. The minimum absolute atomic E-state index is 0.00504. The van der Waals surface area contributed by atoms with Gasteiger partial charge in [0.25, 0.3) is 5.91 Å². The number of carbonyl (C=O) groups is 2. The van der Waals surface area contributed by atoms with Gasteiger partial charge in [-0.1, -0.05) is 26.8 Å². The monoisotopic (exact) mass is 634 g/mol. The van der Waals surface area contributed by atoms with Crippen LogP contribution in [0.25, 0.3) is 0 Å². The minimum atomic E-state index is -3.62. The number of likely N-dealkylation sites (tertiary alicyclic amines) is 1. The first-order valence-electron chi connectivity index (χ1n) is 14.9. The van der Waals surface area contributed by atoms with Crippen molar-refractivity contribution in [2.45, 2.75) is 108 Å². The maximum absolute atomic E-state index is 15.0. The zero-order valence-corrected chi connectivity index (χ0v) is 28.2. The van der Waals surface area contributed by atoms with Gasteiger partial charge in [0.2, 0.25) is 5.91 Å². The van der Waals surface area contributed by atoms with E-state index in [0.29, 0.717) is 18.4 Å². The zero-order chi connectivity index (χ0) is 32.1. The number of rotatable bonds is 9. The van der Waals surface area contributed by atoms with E-state index in [4.69, 9.17) is 4.43 Å². The Labute approximate surface area is 255 Å². The molecule has 1 aliphatic heterocycles. The topological polar surface area (TPSA) is 92.8 Å². The predicted octanol–water partition coefficient (Wildman–Crippen LogP) is 6.46. The van der Waals surface area contributed by atoms with Crippen LogP contribution < -0.4 is 5.32 Å². The first-order valence-corrected chi connectivity index (χ1v) is 19.7. The van der Waals surface area contributed by atoms with Gasteiger partial charge in [-0.25, -0.2) is 17.2 Å². The lowest BCUT2D eigenvalue weighted by atomic mass is 9.99. The number of amides is 2.